The van der Waals surface area contributed by atoms with Crippen LogP contribution in [0.2, 0.25) is 0 Å². The molecule has 0 saturated heterocycles. The summed E-state index contributed by atoms with van der Waals surface area (Å²) in [6.07, 6.45) is 1.55. The molecule has 0 aliphatic carbocycles. The first-order valence-electron chi connectivity index (χ1n) is 7.46. The number of hydrogen-bond donors (Lipinski definition) is 4. The van der Waals surface area contributed by atoms with Gasteiger partial charge in [0.25, 0.3) is 0 Å². The molecule has 0 bridgehead atoms. The van der Waals surface area contributed by atoms with Crippen molar-refractivity contribution >= 4 is 17.8 Å². The lowest BCUT2D eigenvalue weighted by atomic mass is 10.2. The molecule has 5 N–H and O–H groups in total. The van der Waals surface area contributed by atoms with Gasteiger partial charge < -0.3 is 15.8 Å². The van der Waals surface area contributed by atoms with Gasteiger partial charge in [-0.1, -0.05) is 12.1 Å². The van der Waals surface area contributed by atoms with E-state index in [1.165, 1.54) is 0 Å². The molecule has 2 amide bonds. The minimum absolute atomic E-state index is 0.164. The van der Waals surface area contributed by atoms with Crippen molar-refractivity contribution in [3.63, 3.8) is 0 Å². The van der Waals surface area contributed by atoms with Gasteiger partial charge in [-0.05, 0) is 23.8 Å². The highest BCUT2D eigenvalue weighted by Crippen LogP contribution is 2.17. The number of anilines is 2. The van der Waals surface area contributed by atoms with Gasteiger partial charge >= 0.3 is 6.03 Å². The molecule has 3 rings (SSSR count). The fraction of sp³-hybridized carbons (Fsp3) is 0.125. The first-order valence-corrected chi connectivity index (χ1v) is 7.46. The Hall–Kier alpha value is -3.62. The van der Waals surface area contributed by atoms with Gasteiger partial charge in [0, 0.05) is 18.8 Å². The standard InChI is InChI=1S/C16H17N7O2/c1-25-11-4-2-3-10(7-11)9-19-16(24)21-14-8-13(22-23-14)12-5-6-18-15(17)20-12/h2-8H,9H2,1H3,(H2,17,18,20)(H3,19,21,22,23,24). The lowest BCUT2D eigenvalue weighted by Gasteiger charge is -2.07. The third-order valence-corrected chi connectivity index (χ3v) is 3.36. The molecular formula is C16H17N7O2. The van der Waals surface area contributed by atoms with E-state index in [2.05, 4.69) is 30.8 Å². The van der Waals surface area contributed by atoms with E-state index < -0.39 is 0 Å². The molecule has 1 aromatic carbocycles. The van der Waals surface area contributed by atoms with Gasteiger partial charge in [-0.2, -0.15) is 5.10 Å². The van der Waals surface area contributed by atoms with Gasteiger partial charge in [0.05, 0.1) is 18.5 Å². The summed E-state index contributed by atoms with van der Waals surface area (Å²) in [6.45, 7) is 0.364. The van der Waals surface area contributed by atoms with Gasteiger partial charge in [-0.15, -0.1) is 0 Å². The number of nitrogens with one attached hydrogen (secondary N) is 3. The summed E-state index contributed by atoms with van der Waals surface area (Å²) in [5.41, 5.74) is 7.69. The Morgan fingerprint density at radius 1 is 1.32 bits per heavy atom. The molecule has 3 aromatic rings. The van der Waals surface area contributed by atoms with Crippen LogP contribution in [0.15, 0.2) is 42.6 Å². The van der Waals surface area contributed by atoms with E-state index in [4.69, 9.17) is 10.5 Å². The molecule has 0 aliphatic heterocycles. The highest BCUT2D eigenvalue weighted by molar-refractivity contribution is 5.88. The molecule has 9 heteroatoms. The van der Waals surface area contributed by atoms with Crippen LogP contribution in [0, 0.1) is 0 Å². The van der Waals surface area contributed by atoms with Crippen LogP contribution in [-0.2, 0) is 6.54 Å². The van der Waals surface area contributed by atoms with Crippen molar-refractivity contribution in [3.05, 3.63) is 48.2 Å². The van der Waals surface area contributed by atoms with Crippen LogP contribution in [0.5, 0.6) is 5.75 Å². The topological polar surface area (TPSA) is 131 Å². The smallest absolute Gasteiger partial charge is 0.320 e. The quantitative estimate of drug-likeness (QED) is 0.560. The third kappa shape index (κ3) is 4.22. The Bertz CT molecular complexity index is 878. The number of H-pyrrole nitrogens is 1. The number of nitrogens with zero attached hydrogens (tertiary/aromatic N) is 3. The number of carbonyl (C=O) groups is 1. The molecule has 0 saturated carbocycles. The van der Waals surface area contributed by atoms with E-state index in [0.717, 1.165) is 11.3 Å². The number of aromatic amines is 1. The summed E-state index contributed by atoms with van der Waals surface area (Å²) >= 11 is 0. The first kappa shape index (κ1) is 16.2. The van der Waals surface area contributed by atoms with Crippen LogP contribution in [0.3, 0.4) is 0 Å². The molecule has 128 valence electrons. The second-order valence-corrected chi connectivity index (χ2v) is 5.13. The van der Waals surface area contributed by atoms with E-state index in [-0.39, 0.29) is 12.0 Å². The second kappa shape index (κ2) is 7.30. The fourth-order valence-electron chi connectivity index (χ4n) is 2.17. The Morgan fingerprint density at radius 3 is 3.00 bits per heavy atom. The molecule has 9 nitrogen and oxygen atoms in total. The van der Waals surface area contributed by atoms with Crippen molar-refractivity contribution in [2.24, 2.45) is 0 Å². The van der Waals surface area contributed by atoms with Gasteiger partial charge in [0.1, 0.15) is 5.75 Å². The summed E-state index contributed by atoms with van der Waals surface area (Å²) in [5, 5.41) is 12.2. The fourth-order valence-corrected chi connectivity index (χ4v) is 2.17. The normalized spacial score (nSPS) is 10.3. The number of benzene rings is 1. The van der Waals surface area contributed by atoms with E-state index in [9.17, 15) is 4.79 Å². The molecular weight excluding hydrogens is 322 g/mol. The number of methoxy groups -OCH3 is 1. The highest BCUT2D eigenvalue weighted by atomic mass is 16.5. The maximum absolute atomic E-state index is 12.0. The molecule has 25 heavy (non-hydrogen) atoms. The van der Waals surface area contributed by atoms with E-state index >= 15 is 0 Å². The SMILES string of the molecule is COc1cccc(CNC(=O)Nc2cc(-c3ccnc(N)n3)[nH]n2)c1. The van der Waals surface area contributed by atoms with Gasteiger partial charge in [-0.25, -0.2) is 14.8 Å². The Kier molecular flexibility index (Phi) is 4.74. The third-order valence-electron chi connectivity index (χ3n) is 3.36. The lowest BCUT2D eigenvalue weighted by molar-refractivity contribution is 0.251. The summed E-state index contributed by atoms with van der Waals surface area (Å²) in [4.78, 5) is 19.9. The van der Waals surface area contributed by atoms with Crippen molar-refractivity contribution in [2.75, 3.05) is 18.2 Å². The average molecular weight is 339 g/mol. The van der Waals surface area contributed by atoms with Gasteiger partial charge in [-0.3, -0.25) is 10.4 Å². The number of amides is 2. The van der Waals surface area contributed by atoms with Crippen molar-refractivity contribution in [1.82, 2.24) is 25.5 Å². The molecule has 0 atom stereocenters. The minimum atomic E-state index is -0.372. The number of nitrogen functional groups attached to an aromatic ring is 1. The predicted molar refractivity (Wildman–Crippen MR) is 92.9 cm³/mol. The monoisotopic (exact) mass is 339 g/mol. The zero-order valence-corrected chi connectivity index (χ0v) is 13.5. The van der Waals surface area contributed by atoms with E-state index in [1.54, 1.807) is 25.4 Å². The Labute approximate surface area is 143 Å². The number of hydrogen-bond acceptors (Lipinski definition) is 6. The van der Waals surface area contributed by atoms with Crippen molar-refractivity contribution in [3.8, 4) is 17.1 Å². The molecule has 0 aliphatic rings. The van der Waals surface area contributed by atoms with E-state index in [1.807, 2.05) is 24.3 Å². The van der Waals surface area contributed by atoms with Crippen LogP contribution in [0.4, 0.5) is 16.6 Å². The predicted octanol–water partition coefficient (Wildman–Crippen LogP) is 1.78. The zero-order chi connectivity index (χ0) is 17.6. The van der Waals surface area contributed by atoms with Gasteiger partial charge in [0.2, 0.25) is 5.95 Å². The maximum atomic E-state index is 12.0. The molecule has 0 radical (unpaired) electrons. The van der Waals surface area contributed by atoms with Gasteiger partial charge in [0.15, 0.2) is 5.82 Å². The molecule has 2 heterocycles. The highest BCUT2D eigenvalue weighted by Gasteiger charge is 2.08. The van der Waals surface area contributed by atoms with Crippen molar-refractivity contribution in [1.29, 1.82) is 0 Å². The molecule has 0 unspecified atom stereocenters. The number of rotatable bonds is 5. The second-order valence-electron chi connectivity index (χ2n) is 5.13. The van der Waals surface area contributed by atoms with Crippen LogP contribution in [0.25, 0.3) is 11.4 Å². The summed E-state index contributed by atoms with van der Waals surface area (Å²) in [7, 11) is 1.60. The Morgan fingerprint density at radius 2 is 2.20 bits per heavy atom. The largest absolute Gasteiger partial charge is 0.497 e. The molecule has 0 fully saturated rings. The average Bonchev–Trinajstić information content (AvgIpc) is 3.08. The number of carbonyl (C=O) groups excluding carboxylic acids is 1. The van der Waals surface area contributed by atoms with Crippen LogP contribution in [-0.4, -0.2) is 33.3 Å². The number of ether oxygens (including phenoxy) is 1. The van der Waals surface area contributed by atoms with Crippen LogP contribution < -0.4 is 21.1 Å². The molecule has 0 spiro atoms. The minimum Gasteiger partial charge on any atom is -0.497 e. The Balaban J connectivity index is 1.58. The zero-order valence-electron chi connectivity index (χ0n) is 13.5. The molecule has 2 aromatic heterocycles. The summed E-state index contributed by atoms with van der Waals surface area (Å²) in [5.74, 6) is 1.27. The summed E-state index contributed by atoms with van der Waals surface area (Å²) < 4.78 is 5.15. The van der Waals surface area contributed by atoms with Crippen LogP contribution in [0.1, 0.15) is 5.56 Å². The van der Waals surface area contributed by atoms with Crippen molar-refractivity contribution < 1.29 is 9.53 Å². The number of aromatic nitrogens is 4. The first-order chi connectivity index (χ1) is 12.1. The number of nitrogens with two attached hydrogens (primary N) is 1. The summed E-state index contributed by atoms with van der Waals surface area (Å²) in [6, 6.07) is 10.4. The van der Waals surface area contributed by atoms with Crippen molar-refractivity contribution in [2.45, 2.75) is 6.54 Å². The maximum Gasteiger partial charge on any atom is 0.320 e. The van der Waals surface area contributed by atoms with Crippen LogP contribution >= 0.6 is 0 Å². The van der Waals surface area contributed by atoms with E-state index in [0.29, 0.717) is 23.8 Å². The lowest BCUT2D eigenvalue weighted by Crippen LogP contribution is -2.28. The number of urea groups is 1.